The highest BCUT2D eigenvalue weighted by Gasteiger charge is 2.35. The molecule has 0 spiro atoms. The first-order chi connectivity index (χ1) is 9.08. The standard InChI is InChI=1S/C13H17N3O3/c14-11(7-12(17)18)13(19)16(10-1-2-10)8-9-3-5-15-6-4-9/h3-6,10-11H,1-2,7-8,14H2,(H,17,18). The number of carboxylic acid groups (broad SMARTS) is 1. The fraction of sp³-hybridized carbons (Fsp3) is 0.462. The van der Waals surface area contributed by atoms with E-state index in [4.69, 9.17) is 10.8 Å². The fourth-order valence-electron chi connectivity index (χ4n) is 1.95. The second kappa shape index (κ2) is 5.79. The van der Waals surface area contributed by atoms with Crippen molar-refractivity contribution >= 4 is 11.9 Å². The van der Waals surface area contributed by atoms with Gasteiger partial charge in [0.25, 0.3) is 0 Å². The number of nitrogens with two attached hydrogens (primary N) is 1. The quantitative estimate of drug-likeness (QED) is 0.773. The van der Waals surface area contributed by atoms with E-state index >= 15 is 0 Å². The summed E-state index contributed by atoms with van der Waals surface area (Å²) in [4.78, 5) is 28.4. The number of rotatable bonds is 6. The second-order valence-electron chi connectivity index (χ2n) is 4.76. The molecule has 1 heterocycles. The Hall–Kier alpha value is -1.95. The lowest BCUT2D eigenvalue weighted by atomic mass is 10.1. The summed E-state index contributed by atoms with van der Waals surface area (Å²) in [6.45, 7) is 0.458. The first kappa shape index (κ1) is 13.5. The van der Waals surface area contributed by atoms with E-state index in [0.717, 1.165) is 18.4 Å². The van der Waals surface area contributed by atoms with Crippen LogP contribution in [0.1, 0.15) is 24.8 Å². The number of carbonyl (C=O) groups is 2. The van der Waals surface area contributed by atoms with Crippen LogP contribution in [0.5, 0.6) is 0 Å². The average Bonchev–Trinajstić information content (AvgIpc) is 3.20. The van der Waals surface area contributed by atoms with E-state index in [0.29, 0.717) is 6.54 Å². The highest BCUT2D eigenvalue weighted by molar-refractivity contribution is 5.86. The number of aliphatic carboxylic acids is 1. The maximum atomic E-state index is 12.2. The molecule has 1 aliphatic carbocycles. The van der Waals surface area contributed by atoms with E-state index < -0.39 is 12.0 Å². The van der Waals surface area contributed by atoms with Gasteiger partial charge in [-0.05, 0) is 30.5 Å². The Balaban J connectivity index is 2.03. The second-order valence-corrected chi connectivity index (χ2v) is 4.76. The predicted octanol–water partition coefficient (Wildman–Crippen LogP) is 0.375. The minimum Gasteiger partial charge on any atom is -0.481 e. The molecule has 1 fully saturated rings. The molecule has 1 atom stereocenters. The van der Waals surface area contributed by atoms with Gasteiger partial charge in [0, 0.05) is 25.0 Å². The molecule has 6 heteroatoms. The third kappa shape index (κ3) is 3.75. The van der Waals surface area contributed by atoms with Gasteiger partial charge in [-0.2, -0.15) is 0 Å². The van der Waals surface area contributed by atoms with E-state index in [1.54, 1.807) is 17.3 Å². The topological polar surface area (TPSA) is 96.5 Å². The van der Waals surface area contributed by atoms with E-state index in [1.165, 1.54) is 0 Å². The van der Waals surface area contributed by atoms with Crippen molar-refractivity contribution in [2.45, 2.75) is 37.9 Å². The first-order valence-corrected chi connectivity index (χ1v) is 6.24. The van der Waals surface area contributed by atoms with Crippen LogP contribution in [0.4, 0.5) is 0 Å². The number of amides is 1. The van der Waals surface area contributed by atoms with Crippen LogP contribution in [0.25, 0.3) is 0 Å². The number of hydrogen-bond donors (Lipinski definition) is 2. The Bertz CT molecular complexity index is 459. The van der Waals surface area contributed by atoms with Gasteiger partial charge in [-0.1, -0.05) is 0 Å². The van der Waals surface area contributed by atoms with Crippen molar-refractivity contribution in [1.29, 1.82) is 0 Å². The zero-order chi connectivity index (χ0) is 13.8. The van der Waals surface area contributed by atoms with Gasteiger partial charge >= 0.3 is 5.97 Å². The summed E-state index contributed by atoms with van der Waals surface area (Å²) in [6, 6.07) is 2.90. The fourth-order valence-corrected chi connectivity index (χ4v) is 1.95. The zero-order valence-electron chi connectivity index (χ0n) is 10.5. The van der Waals surface area contributed by atoms with E-state index in [2.05, 4.69) is 4.98 Å². The minimum atomic E-state index is -1.06. The van der Waals surface area contributed by atoms with Crippen molar-refractivity contribution in [1.82, 2.24) is 9.88 Å². The number of nitrogens with zero attached hydrogens (tertiary/aromatic N) is 2. The number of carboxylic acids is 1. The van der Waals surface area contributed by atoms with Gasteiger partial charge in [-0.15, -0.1) is 0 Å². The lowest BCUT2D eigenvalue weighted by molar-refractivity contribution is -0.142. The predicted molar refractivity (Wildman–Crippen MR) is 68.0 cm³/mol. The Morgan fingerprint density at radius 1 is 1.42 bits per heavy atom. The molecule has 0 saturated heterocycles. The number of hydrogen-bond acceptors (Lipinski definition) is 4. The maximum Gasteiger partial charge on any atom is 0.305 e. The molecule has 2 rings (SSSR count). The molecule has 1 aliphatic rings. The van der Waals surface area contributed by atoms with Crippen molar-refractivity contribution in [2.24, 2.45) is 5.73 Å². The maximum absolute atomic E-state index is 12.2. The highest BCUT2D eigenvalue weighted by Crippen LogP contribution is 2.29. The van der Waals surface area contributed by atoms with Crippen LogP contribution < -0.4 is 5.73 Å². The van der Waals surface area contributed by atoms with Crippen LogP contribution >= 0.6 is 0 Å². The molecule has 102 valence electrons. The monoisotopic (exact) mass is 263 g/mol. The summed E-state index contributed by atoms with van der Waals surface area (Å²) in [5.41, 5.74) is 6.62. The highest BCUT2D eigenvalue weighted by atomic mass is 16.4. The van der Waals surface area contributed by atoms with Crippen LogP contribution in [0.2, 0.25) is 0 Å². The average molecular weight is 263 g/mol. The molecule has 0 bridgehead atoms. The molecular formula is C13H17N3O3. The molecule has 1 amide bonds. The Morgan fingerprint density at radius 3 is 2.58 bits per heavy atom. The smallest absolute Gasteiger partial charge is 0.305 e. The van der Waals surface area contributed by atoms with Gasteiger partial charge in [-0.25, -0.2) is 0 Å². The Kier molecular flexibility index (Phi) is 4.11. The van der Waals surface area contributed by atoms with E-state index in [1.807, 2.05) is 12.1 Å². The summed E-state index contributed by atoms with van der Waals surface area (Å²) < 4.78 is 0. The van der Waals surface area contributed by atoms with Crippen LogP contribution in [0.15, 0.2) is 24.5 Å². The third-order valence-corrected chi connectivity index (χ3v) is 3.08. The van der Waals surface area contributed by atoms with Gasteiger partial charge in [0.2, 0.25) is 5.91 Å². The van der Waals surface area contributed by atoms with Gasteiger partial charge in [0.1, 0.15) is 0 Å². The molecule has 6 nitrogen and oxygen atoms in total. The summed E-state index contributed by atoms with van der Waals surface area (Å²) >= 11 is 0. The van der Waals surface area contributed by atoms with Crippen molar-refractivity contribution < 1.29 is 14.7 Å². The van der Waals surface area contributed by atoms with Crippen molar-refractivity contribution in [3.05, 3.63) is 30.1 Å². The molecule has 1 unspecified atom stereocenters. The Labute approximate surface area is 111 Å². The molecule has 0 aromatic carbocycles. The Morgan fingerprint density at radius 2 is 2.05 bits per heavy atom. The van der Waals surface area contributed by atoms with Crippen LogP contribution in [0, 0.1) is 0 Å². The van der Waals surface area contributed by atoms with Gasteiger partial charge in [0.05, 0.1) is 12.5 Å². The number of carbonyl (C=O) groups excluding carboxylic acids is 1. The lowest BCUT2D eigenvalue weighted by Crippen LogP contribution is -2.45. The lowest BCUT2D eigenvalue weighted by Gasteiger charge is -2.25. The van der Waals surface area contributed by atoms with E-state index in [9.17, 15) is 9.59 Å². The van der Waals surface area contributed by atoms with Crippen LogP contribution in [-0.2, 0) is 16.1 Å². The molecule has 1 aromatic rings. The summed E-state index contributed by atoms with van der Waals surface area (Å²) in [6.07, 6.45) is 4.91. The SMILES string of the molecule is NC(CC(=O)O)C(=O)N(Cc1ccncc1)C1CC1. The normalized spacial score (nSPS) is 15.8. The molecule has 19 heavy (non-hydrogen) atoms. The number of aromatic nitrogens is 1. The molecule has 0 radical (unpaired) electrons. The minimum absolute atomic E-state index is 0.195. The molecular weight excluding hydrogens is 246 g/mol. The molecule has 3 N–H and O–H groups in total. The molecule has 0 aliphatic heterocycles. The molecule has 1 saturated carbocycles. The third-order valence-electron chi connectivity index (χ3n) is 3.08. The largest absolute Gasteiger partial charge is 0.481 e. The van der Waals surface area contributed by atoms with Crippen molar-refractivity contribution in [3.8, 4) is 0 Å². The van der Waals surface area contributed by atoms with Gasteiger partial charge in [-0.3, -0.25) is 14.6 Å². The van der Waals surface area contributed by atoms with Crippen LogP contribution in [-0.4, -0.2) is 39.0 Å². The van der Waals surface area contributed by atoms with Crippen LogP contribution in [0.3, 0.4) is 0 Å². The van der Waals surface area contributed by atoms with Crippen molar-refractivity contribution in [3.63, 3.8) is 0 Å². The summed E-state index contributed by atoms with van der Waals surface area (Å²) in [7, 11) is 0. The summed E-state index contributed by atoms with van der Waals surface area (Å²) in [5.74, 6) is -1.35. The van der Waals surface area contributed by atoms with E-state index in [-0.39, 0.29) is 18.4 Å². The number of pyridine rings is 1. The molecule has 1 aromatic heterocycles. The van der Waals surface area contributed by atoms with Gasteiger partial charge < -0.3 is 15.7 Å². The zero-order valence-corrected chi connectivity index (χ0v) is 10.5. The van der Waals surface area contributed by atoms with Gasteiger partial charge in [0.15, 0.2) is 0 Å². The summed E-state index contributed by atoms with van der Waals surface area (Å²) in [5, 5.41) is 8.70. The van der Waals surface area contributed by atoms with Crippen molar-refractivity contribution in [2.75, 3.05) is 0 Å². The first-order valence-electron chi connectivity index (χ1n) is 6.24.